The van der Waals surface area contributed by atoms with Crippen LogP contribution in [0.5, 0.6) is 0 Å². The zero-order valence-corrected chi connectivity index (χ0v) is 19.3. The molecule has 3 amide bonds. The Bertz CT molecular complexity index is 1160. The van der Waals surface area contributed by atoms with Gasteiger partial charge in [0.05, 0.1) is 30.7 Å². The average molecular weight is 487 g/mol. The number of piperazine rings is 1. The summed E-state index contributed by atoms with van der Waals surface area (Å²) in [6.07, 6.45) is 1.59. The molecule has 0 spiro atoms. The number of hydrogen-bond acceptors (Lipinski definition) is 7. The molecule has 1 aliphatic heterocycles. The molecule has 33 heavy (non-hydrogen) atoms. The molecule has 0 bridgehead atoms. The second kappa shape index (κ2) is 10.6. The van der Waals surface area contributed by atoms with Crippen LogP contribution in [0.3, 0.4) is 0 Å². The molecule has 0 unspecified atom stereocenters. The molecule has 1 saturated heterocycles. The predicted octanol–water partition coefficient (Wildman–Crippen LogP) is 2.10. The quantitative estimate of drug-likeness (QED) is 0.553. The highest BCUT2D eigenvalue weighted by Crippen LogP contribution is 2.23. The van der Waals surface area contributed by atoms with Gasteiger partial charge in [-0.3, -0.25) is 19.8 Å². The minimum Gasteiger partial charge on any atom is -0.366 e. The minimum absolute atomic E-state index is 0.113. The highest BCUT2D eigenvalue weighted by Gasteiger charge is 2.23. The molecular weight excluding hydrogens is 464 g/mol. The smallest absolute Gasteiger partial charge is 0.321 e. The fourth-order valence-corrected chi connectivity index (χ4v) is 4.43. The van der Waals surface area contributed by atoms with Gasteiger partial charge in [-0.25, -0.2) is 4.79 Å². The van der Waals surface area contributed by atoms with E-state index in [1.54, 1.807) is 18.3 Å². The molecule has 11 heteroatoms. The van der Waals surface area contributed by atoms with Crippen molar-refractivity contribution in [1.29, 1.82) is 0 Å². The lowest BCUT2D eigenvalue weighted by molar-refractivity contribution is -0.121. The molecule has 1 aromatic carbocycles. The van der Waals surface area contributed by atoms with Gasteiger partial charge in [0.1, 0.15) is 5.02 Å². The van der Waals surface area contributed by atoms with Crippen molar-refractivity contribution in [2.45, 2.75) is 6.54 Å². The molecule has 0 saturated carbocycles. The van der Waals surface area contributed by atoms with Crippen LogP contribution in [0.15, 0.2) is 58.8 Å². The van der Waals surface area contributed by atoms with E-state index in [-0.39, 0.29) is 23.0 Å². The fourth-order valence-electron chi connectivity index (χ4n) is 3.54. The Balaban J connectivity index is 1.28. The van der Waals surface area contributed by atoms with Crippen LogP contribution in [0, 0.1) is 0 Å². The minimum atomic E-state index is -0.510. The Morgan fingerprint density at radius 1 is 1.06 bits per heavy atom. The van der Waals surface area contributed by atoms with Crippen molar-refractivity contribution in [3.05, 3.63) is 74.3 Å². The van der Waals surface area contributed by atoms with Gasteiger partial charge in [-0.15, -0.1) is 11.3 Å². The number of aromatic nitrogens is 2. The molecule has 3 aromatic rings. The van der Waals surface area contributed by atoms with Gasteiger partial charge in [0.15, 0.2) is 0 Å². The molecule has 9 nitrogen and oxygen atoms in total. The number of rotatable bonds is 6. The maximum absolute atomic E-state index is 12.7. The number of urea groups is 1. The van der Waals surface area contributed by atoms with Crippen molar-refractivity contribution in [2.75, 3.05) is 37.6 Å². The Hall–Kier alpha value is -3.21. The number of amides is 3. The number of nitrogens with one attached hydrogen (secondary N) is 2. The van der Waals surface area contributed by atoms with Gasteiger partial charge in [-0.1, -0.05) is 35.9 Å². The number of imide groups is 1. The number of thiophene rings is 1. The first-order valence-corrected chi connectivity index (χ1v) is 11.7. The monoisotopic (exact) mass is 486 g/mol. The van der Waals surface area contributed by atoms with Crippen LogP contribution in [-0.2, 0) is 11.3 Å². The van der Waals surface area contributed by atoms with E-state index in [1.807, 2.05) is 45.5 Å². The Kier molecular flexibility index (Phi) is 7.38. The van der Waals surface area contributed by atoms with Crippen LogP contribution in [0.1, 0.15) is 4.88 Å². The van der Waals surface area contributed by atoms with Crippen molar-refractivity contribution in [2.24, 2.45) is 0 Å². The highest BCUT2D eigenvalue weighted by molar-refractivity contribution is 7.09. The highest BCUT2D eigenvalue weighted by atomic mass is 35.5. The van der Waals surface area contributed by atoms with Crippen LogP contribution in [0.4, 0.5) is 10.5 Å². The second-order valence-electron chi connectivity index (χ2n) is 7.47. The third-order valence-electron chi connectivity index (χ3n) is 5.24. The van der Waals surface area contributed by atoms with Crippen LogP contribution in [-0.4, -0.2) is 59.3 Å². The summed E-state index contributed by atoms with van der Waals surface area (Å²) in [6.45, 7) is 2.82. The normalized spacial score (nSPS) is 14.2. The fraction of sp³-hybridized carbons (Fsp3) is 0.273. The lowest BCUT2D eigenvalue weighted by Crippen LogP contribution is -2.51. The summed E-state index contributed by atoms with van der Waals surface area (Å²) in [5.41, 5.74) is 0.841. The molecular formula is C22H23ClN6O3S. The third kappa shape index (κ3) is 5.78. The molecule has 172 valence electrons. The number of para-hydroxylation sites is 1. The molecule has 0 aliphatic carbocycles. The standard InChI is InChI=1S/C22H23ClN6O3S/c23-20-18(14-25-29(21(20)31)16-5-2-1-3-6-16)28-10-8-27(9-11-28)15-19(30)26-22(32)24-13-17-7-4-12-33-17/h1-7,12,14H,8-11,13,15H2,(H2,24,26,30,32). The second-order valence-corrected chi connectivity index (χ2v) is 8.88. The molecule has 2 N–H and O–H groups in total. The van der Waals surface area contributed by atoms with Gasteiger partial charge < -0.3 is 10.2 Å². The van der Waals surface area contributed by atoms with Gasteiger partial charge >= 0.3 is 6.03 Å². The van der Waals surface area contributed by atoms with Crippen molar-refractivity contribution >= 4 is 40.6 Å². The van der Waals surface area contributed by atoms with Gasteiger partial charge in [-0.2, -0.15) is 9.78 Å². The molecule has 3 heterocycles. The largest absolute Gasteiger partial charge is 0.366 e. The predicted molar refractivity (Wildman–Crippen MR) is 128 cm³/mol. The van der Waals surface area contributed by atoms with E-state index in [1.165, 1.54) is 16.0 Å². The van der Waals surface area contributed by atoms with Crippen LogP contribution in [0.2, 0.25) is 5.02 Å². The number of anilines is 1. The van der Waals surface area contributed by atoms with E-state index in [4.69, 9.17) is 11.6 Å². The molecule has 4 rings (SSSR count). The van der Waals surface area contributed by atoms with E-state index in [0.717, 1.165) is 4.88 Å². The summed E-state index contributed by atoms with van der Waals surface area (Å²) in [4.78, 5) is 41.8. The topological polar surface area (TPSA) is 99.6 Å². The van der Waals surface area contributed by atoms with E-state index < -0.39 is 6.03 Å². The van der Waals surface area contributed by atoms with E-state index >= 15 is 0 Å². The maximum atomic E-state index is 12.7. The summed E-state index contributed by atoms with van der Waals surface area (Å²) in [5.74, 6) is -0.364. The van der Waals surface area contributed by atoms with E-state index in [2.05, 4.69) is 15.7 Å². The number of halogens is 1. The molecule has 0 atom stereocenters. The SMILES string of the molecule is O=C(CN1CCN(c2cnn(-c3ccccc3)c(=O)c2Cl)CC1)NC(=O)NCc1cccs1. The zero-order chi connectivity index (χ0) is 23.2. The van der Waals surface area contributed by atoms with E-state index in [0.29, 0.717) is 44.1 Å². The van der Waals surface area contributed by atoms with Crippen molar-refractivity contribution in [3.8, 4) is 5.69 Å². The lowest BCUT2D eigenvalue weighted by Gasteiger charge is -2.35. The Labute approximate surface area is 199 Å². The number of nitrogens with zero attached hydrogens (tertiary/aromatic N) is 4. The number of benzene rings is 1. The molecule has 1 fully saturated rings. The number of hydrogen-bond donors (Lipinski definition) is 2. The average Bonchev–Trinajstić information content (AvgIpc) is 3.34. The molecule has 0 radical (unpaired) electrons. The molecule has 1 aliphatic rings. The van der Waals surface area contributed by atoms with E-state index in [9.17, 15) is 14.4 Å². The first-order chi connectivity index (χ1) is 16.0. The van der Waals surface area contributed by atoms with Crippen molar-refractivity contribution < 1.29 is 9.59 Å². The summed E-state index contributed by atoms with van der Waals surface area (Å²) < 4.78 is 1.27. The third-order valence-corrected chi connectivity index (χ3v) is 6.47. The van der Waals surface area contributed by atoms with Crippen molar-refractivity contribution in [3.63, 3.8) is 0 Å². The summed E-state index contributed by atoms with van der Waals surface area (Å²) >= 11 is 7.93. The maximum Gasteiger partial charge on any atom is 0.321 e. The summed E-state index contributed by atoms with van der Waals surface area (Å²) in [5, 5.41) is 11.3. The zero-order valence-electron chi connectivity index (χ0n) is 17.7. The Morgan fingerprint density at radius 2 is 1.82 bits per heavy atom. The molecule has 2 aromatic heterocycles. The van der Waals surface area contributed by atoms with Gasteiger partial charge in [0, 0.05) is 31.1 Å². The van der Waals surface area contributed by atoms with Crippen LogP contribution < -0.4 is 21.1 Å². The van der Waals surface area contributed by atoms with Crippen LogP contribution >= 0.6 is 22.9 Å². The van der Waals surface area contributed by atoms with Crippen LogP contribution in [0.25, 0.3) is 5.69 Å². The number of carbonyl (C=O) groups is 2. The van der Waals surface area contributed by atoms with Gasteiger partial charge in [-0.05, 0) is 23.6 Å². The first kappa shape index (κ1) is 23.0. The summed E-state index contributed by atoms with van der Waals surface area (Å²) in [7, 11) is 0. The van der Waals surface area contributed by atoms with Gasteiger partial charge in [0.25, 0.3) is 5.56 Å². The Morgan fingerprint density at radius 3 is 2.52 bits per heavy atom. The number of carbonyl (C=O) groups excluding carboxylic acids is 2. The van der Waals surface area contributed by atoms with Gasteiger partial charge in [0.2, 0.25) is 5.91 Å². The van der Waals surface area contributed by atoms with Crippen molar-refractivity contribution in [1.82, 2.24) is 25.3 Å². The summed E-state index contributed by atoms with van der Waals surface area (Å²) in [6, 6.07) is 12.4. The lowest BCUT2D eigenvalue weighted by atomic mass is 10.2. The first-order valence-electron chi connectivity index (χ1n) is 10.4.